The number of allylic oxidation sites excluding steroid dienone is 1. The van der Waals surface area contributed by atoms with Crippen molar-refractivity contribution < 1.29 is 0 Å². The Bertz CT molecular complexity index is 424. The summed E-state index contributed by atoms with van der Waals surface area (Å²) >= 11 is 1.32. The first-order chi connectivity index (χ1) is 7.67. The predicted molar refractivity (Wildman–Crippen MR) is 73.6 cm³/mol. The van der Waals surface area contributed by atoms with Gasteiger partial charge in [0.1, 0.15) is 0 Å². The lowest BCUT2D eigenvalue weighted by Crippen LogP contribution is -2.03. The van der Waals surface area contributed by atoms with Crippen LogP contribution in [0, 0.1) is 5.41 Å². The van der Waals surface area contributed by atoms with Gasteiger partial charge in [-0.15, -0.1) is 0 Å². The lowest BCUT2D eigenvalue weighted by molar-refractivity contribution is 1.39. The van der Waals surface area contributed by atoms with Crippen LogP contribution in [0.15, 0.2) is 29.3 Å². The largest absolute Gasteiger partial charge is 0.379 e. The third kappa shape index (κ3) is 3.55. The summed E-state index contributed by atoms with van der Waals surface area (Å²) in [7, 11) is 0. The normalized spacial score (nSPS) is 10.6. The van der Waals surface area contributed by atoms with Gasteiger partial charge in [0.2, 0.25) is 0 Å². The quantitative estimate of drug-likeness (QED) is 0.619. The van der Waals surface area contributed by atoms with Crippen LogP contribution in [0.3, 0.4) is 0 Å². The molecule has 0 unspecified atom stereocenters. The Balaban J connectivity index is 2.92. The first-order valence-electron chi connectivity index (χ1n) is 4.86. The zero-order chi connectivity index (χ0) is 12.0. The molecule has 0 spiro atoms. The third-order valence-electron chi connectivity index (χ3n) is 2.00. The molecule has 0 aromatic heterocycles. The number of nitrogens with zero attached hydrogens (tertiary/aromatic N) is 1. The van der Waals surface area contributed by atoms with Crippen LogP contribution in [0.4, 0.5) is 5.69 Å². The van der Waals surface area contributed by atoms with Gasteiger partial charge in [0, 0.05) is 11.3 Å². The molecule has 0 heterocycles. The molecule has 0 saturated heterocycles. The molecule has 0 amide bonds. The zero-order valence-electron chi connectivity index (χ0n) is 9.23. The van der Waals surface area contributed by atoms with Gasteiger partial charge in [-0.05, 0) is 31.3 Å². The topological polar surface area (TPSA) is 62.2 Å². The molecule has 0 fully saturated rings. The molecular formula is C12H15N3S. The molecule has 16 heavy (non-hydrogen) atoms. The fourth-order valence-electron chi connectivity index (χ4n) is 1.31. The molecule has 0 saturated carbocycles. The summed E-state index contributed by atoms with van der Waals surface area (Å²) in [5, 5.41) is 7.29. The van der Waals surface area contributed by atoms with Crippen molar-refractivity contribution in [2.75, 3.05) is 0 Å². The van der Waals surface area contributed by atoms with Crippen LogP contribution in [0.1, 0.15) is 18.1 Å². The maximum atomic E-state index is 7.15. The van der Waals surface area contributed by atoms with Gasteiger partial charge in [0.05, 0.1) is 5.69 Å². The molecule has 0 aliphatic rings. The number of aliphatic imine (C=N–C) groups is 1. The van der Waals surface area contributed by atoms with Gasteiger partial charge in [-0.2, -0.15) is 0 Å². The Morgan fingerprint density at radius 3 is 2.94 bits per heavy atom. The second kappa shape index (κ2) is 6.12. The molecule has 0 aliphatic heterocycles. The number of benzene rings is 1. The van der Waals surface area contributed by atoms with E-state index >= 15 is 0 Å². The highest BCUT2D eigenvalue weighted by atomic mass is 32.2. The predicted octanol–water partition coefficient (Wildman–Crippen LogP) is 3.18. The summed E-state index contributed by atoms with van der Waals surface area (Å²) < 4.78 is 0. The second-order valence-corrected chi connectivity index (χ2v) is 4.22. The molecule has 1 aromatic rings. The SMILES string of the molecule is C=Nc1ccc(CSC(=N)N)cc1/C=C\C. The summed E-state index contributed by atoms with van der Waals surface area (Å²) in [4.78, 5) is 3.95. The van der Waals surface area contributed by atoms with E-state index in [0.29, 0.717) is 5.75 Å². The molecule has 3 N–H and O–H groups in total. The molecule has 0 bridgehead atoms. The third-order valence-corrected chi connectivity index (χ3v) is 2.79. The number of hydrogen-bond acceptors (Lipinski definition) is 3. The summed E-state index contributed by atoms with van der Waals surface area (Å²) in [5.41, 5.74) is 8.33. The number of hydrogen-bond donors (Lipinski definition) is 2. The van der Waals surface area contributed by atoms with Gasteiger partial charge in [0.25, 0.3) is 0 Å². The number of nitrogens with two attached hydrogens (primary N) is 1. The molecule has 4 heteroatoms. The second-order valence-electron chi connectivity index (χ2n) is 3.20. The fraction of sp³-hybridized carbons (Fsp3) is 0.167. The summed E-state index contributed by atoms with van der Waals surface area (Å²) in [5.74, 6) is 0.706. The average molecular weight is 233 g/mol. The Morgan fingerprint density at radius 1 is 1.62 bits per heavy atom. The van der Waals surface area contributed by atoms with E-state index in [1.807, 2.05) is 37.3 Å². The van der Waals surface area contributed by atoms with Gasteiger partial charge < -0.3 is 5.73 Å². The minimum atomic E-state index is 0.138. The zero-order valence-corrected chi connectivity index (χ0v) is 10.1. The number of nitrogens with one attached hydrogen (secondary N) is 1. The number of rotatable bonds is 4. The number of thioether (sulfide) groups is 1. The van der Waals surface area contributed by atoms with Crippen LogP contribution in [0.25, 0.3) is 6.08 Å². The molecule has 3 nitrogen and oxygen atoms in total. The lowest BCUT2D eigenvalue weighted by atomic mass is 10.1. The van der Waals surface area contributed by atoms with Crippen molar-refractivity contribution in [2.45, 2.75) is 12.7 Å². The van der Waals surface area contributed by atoms with Crippen molar-refractivity contribution in [3.63, 3.8) is 0 Å². The van der Waals surface area contributed by atoms with E-state index in [1.54, 1.807) is 0 Å². The maximum absolute atomic E-state index is 7.15. The first-order valence-corrected chi connectivity index (χ1v) is 5.85. The van der Waals surface area contributed by atoms with E-state index < -0.39 is 0 Å². The van der Waals surface area contributed by atoms with Crippen LogP contribution in [0.2, 0.25) is 0 Å². The van der Waals surface area contributed by atoms with Gasteiger partial charge >= 0.3 is 0 Å². The molecule has 0 atom stereocenters. The van der Waals surface area contributed by atoms with E-state index in [1.165, 1.54) is 11.8 Å². The number of amidine groups is 1. The minimum Gasteiger partial charge on any atom is -0.379 e. The van der Waals surface area contributed by atoms with E-state index in [-0.39, 0.29) is 5.17 Å². The average Bonchev–Trinajstić information content (AvgIpc) is 2.27. The molecule has 0 radical (unpaired) electrons. The summed E-state index contributed by atoms with van der Waals surface area (Å²) in [6, 6.07) is 5.95. The summed E-state index contributed by atoms with van der Waals surface area (Å²) in [6.07, 6.45) is 3.96. The molecular weight excluding hydrogens is 218 g/mol. The van der Waals surface area contributed by atoms with Gasteiger partial charge in [0.15, 0.2) is 5.17 Å². The van der Waals surface area contributed by atoms with Crippen molar-refractivity contribution in [3.8, 4) is 0 Å². The molecule has 84 valence electrons. The van der Waals surface area contributed by atoms with Crippen LogP contribution >= 0.6 is 11.8 Å². The van der Waals surface area contributed by atoms with Gasteiger partial charge in [-0.25, -0.2) is 0 Å². The molecule has 0 aliphatic carbocycles. The molecule has 1 rings (SSSR count). The first kappa shape index (κ1) is 12.5. The van der Waals surface area contributed by atoms with Crippen molar-refractivity contribution in [1.29, 1.82) is 5.41 Å². The van der Waals surface area contributed by atoms with Crippen molar-refractivity contribution in [2.24, 2.45) is 10.7 Å². The Kier molecular flexibility index (Phi) is 4.79. The van der Waals surface area contributed by atoms with Crippen LogP contribution in [-0.2, 0) is 5.75 Å². The van der Waals surface area contributed by atoms with Crippen LogP contribution in [0.5, 0.6) is 0 Å². The highest BCUT2D eigenvalue weighted by molar-refractivity contribution is 8.13. The Morgan fingerprint density at radius 2 is 2.38 bits per heavy atom. The van der Waals surface area contributed by atoms with Crippen molar-refractivity contribution >= 4 is 35.4 Å². The van der Waals surface area contributed by atoms with E-state index in [2.05, 4.69) is 11.7 Å². The van der Waals surface area contributed by atoms with Gasteiger partial charge in [-0.1, -0.05) is 30.0 Å². The monoisotopic (exact) mass is 233 g/mol. The maximum Gasteiger partial charge on any atom is 0.151 e. The van der Waals surface area contributed by atoms with E-state index in [0.717, 1.165) is 16.8 Å². The highest BCUT2D eigenvalue weighted by Crippen LogP contribution is 2.23. The van der Waals surface area contributed by atoms with E-state index in [4.69, 9.17) is 11.1 Å². The standard InChI is InChI=1S/C12H15N3S/c1-3-4-10-7-9(8-16-12(13)14)5-6-11(10)15-2/h3-7H,2,8H2,1H3,(H3,13,14)/b4-3-. The van der Waals surface area contributed by atoms with Crippen LogP contribution in [-0.4, -0.2) is 11.9 Å². The highest BCUT2D eigenvalue weighted by Gasteiger charge is 2.01. The molecule has 1 aromatic carbocycles. The summed E-state index contributed by atoms with van der Waals surface area (Å²) in [6.45, 7) is 5.50. The van der Waals surface area contributed by atoms with E-state index in [9.17, 15) is 0 Å². The van der Waals surface area contributed by atoms with Crippen molar-refractivity contribution in [1.82, 2.24) is 0 Å². The Labute approximate surface area is 100.0 Å². The fourth-order valence-corrected chi connectivity index (χ4v) is 1.81. The van der Waals surface area contributed by atoms with Crippen LogP contribution < -0.4 is 5.73 Å². The smallest absolute Gasteiger partial charge is 0.151 e. The van der Waals surface area contributed by atoms with Gasteiger partial charge in [-0.3, -0.25) is 10.4 Å². The Hall–Kier alpha value is -1.55. The minimum absolute atomic E-state index is 0.138. The lowest BCUT2D eigenvalue weighted by Gasteiger charge is -2.04. The van der Waals surface area contributed by atoms with Crippen molar-refractivity contribution in [3.05, 3.63) is 35.4 Å².